The number of hydrogen-bond acceptors (Lipinski definition) is 4. The minimum Gasteiger partial charge on any atom is -0.481 e. The fourth-order valence-electron chi connectivity index (χ4n) is 0.607. The Hall–Kier alpha value is -0.750. The topological polar surface area (TPSA) is 101 Å². The van der Waals surface area contributed by atoms with Crippen LogP contribution in [0.1, 0.15) is 12.8 Å². The van der Waals surface area contributed by atoms with Gasteiger partial charge in [-0.15, -0.1) is 0 Å². The lowest BCUT2D eigenvalue weighted by atomic mass is 10.3. The van der Waals surface area contributed by atoms with Crippen LogP contribution in [-0.4, -0.2) is 39.7 Å². The lowest BCUT2D eigenvalue weighted by Gasteiger charge is -2.04. The Kier molecular flexibility index (Phi) is 6.34. The first-order chi connectivity index (χ1) is 6.04. The molecule has 6 heteroatoms. The van der Waals surface area contributed by atoms with Crippen LogP contribution in [0.2, 0.25) is 0 Å². The first kappa shape index (κ1) is 12.2. The largest absolute Gasteiger partial charge is 0.481 e. The maximum atomic E-state index is 10.2. The van der Waals surface area contributed by atoms with E-state index in [0.717, 1.165) is 0 Å². The van der Waals surface area contributed by atoms with E-state index >= 15 is 0 Å². The first-order valence-electron chi connectivity index (χ1n) is 3.82. The molecule has 5 nitrogen and oxygen atoms in total. The van der Waals surface area contributed by atoms with Crippen molar-refractivity contribution < 1.29 is 19.8 Å². The van der Waals surface area contributed by atoms with E-state index < -0.39 is 18.0 Å². The maximum Gasteiger partial charge on any atom is 0.321 e. The Labute approximate surface area is 80.3 Å². The molecule has 0 fully saturated rings. The van der Waals surface area contributed by atoms with Gasteiger partial charge in [-0.25, -0.2) is 0 Å². The van der Waals surface area contributed by atoms with Gasteiger partial charge in [0.05, 0.1) is 0 Å². The molecule has 0 bridgehead atoms. The predicted molar refractivity (Wildman–Crippen MR) is 49.8 cm³/mol. The Bertz CT molecular complexity index is 185. The van der Waals surface area contributed by atoms with Gasteiger partial charge in [0, 0.05) is 12.2 Å². The van der Waals surface area contributed by atoms with Crippen molar-refractivity contribution in [3.63, 3.8) is 0 Å². The van der Waals surface area contributed by atoms with Gasteiger partial charge >= 0.3 is 11.9 Å². The molecule has 0 radical (unpaired) electrons. The summed E-state index contributed by atoms with van der Waals surface area (Å²) >= 11 is 1.36. The van der Waals surface area contributed by atoms with Gasteiger partial charge in [-0.3, -0.25) is 9.59 Å². The number of carboxylic acid groups (broad SMARTS) is 2. The Morgan fingerprint density at radius 3 is 2.46 bits per heavy atom. The van der Waals surface area contributed by atoms with Crippen molar-refractivity contribution in [2.75, 3.05) is 11.5 Å². The lowest BCUT2D eigenvalue weighted by Crippen LogP contribution is -2.32. The van der Waals surface area contributed by atoms with Gasteiger partial charge in [-0.2, -0.15) is 11.8 Å². The molecule has 0 unspecified atom stereocenters. The van der Waals surface area contributed by atoms with Gasteiger partial charge in [0.2, 0.25) is 0 Å². The number of hydrogen-bond donors (Lipinski definition) is 3. The van der Waals surface area contributed by atoms with Crippen LogP contribution < -0.4 is 5.73 Å². The molecule has 0 aromatic carbocycles. The number of nitrogens with two attached hydrogens (primary N) is 1. The molecule has 0 aliphatic carbocycles. The summed E-state index contributed by atoms with van der Waals surface area (Å²) in [6, 6.07) is -0.852. The molecule has 0 rings (SSSR count). The molecule has 1 atom stereocenters. The fraction of sp³-hybridized carbons (Fsp3) is 0.714. The summed E-state index contributed by atoms with van der Waals surface area (Å²) in [7, 11) is 0. The predicted octanol–water partition coefficient (Wildman–Crippen LogP) is -0.00370. The molecule has 0 saturated heterocycles. The number of carbonyl (C=O) groups is 2. The molecule has 0 saturated carbocycles. The van der Waals surface area contributed by atoms with Crippen LogP contribution in [0.25, 0.3) is 0 Å². The van der Waals surface area contributed by atoms with Crippen LogP contribution in [0.3, 0.4) is 0 Å². The van der Waals surface area contributed by atoms with E-state index in [1.165, 1.54) is 11.8 Å². The van der Waals surface area contributed by atoms with Crippen LogP contribution in [0.5, 0.6) is 0 Å². The smallest absolute Gasteiger partial charge is 0.321 e. The molecule has 0 heterocycles. The van der Waals surface area contributed by atoms with E-state index in [0.29, 0.717) is 17.9 Å². The third kappa shape index (κ3) is 7.61. The molecular formula is C7H13NO4S. The van der Waals surface area contributed by atoms with Crippen molar-refractivity contribution in [2.24, 2.45) is 5.73 Å². The lowest BCUT2D eigenvalue weighted by molar-refractivity contribution is -0.138. The molecule has 0 aliphatic heterocycles. The average Bonchev–Trinajstić information content (AvgIpc) is 2.02. The molecule has 0 amide bonds. The van der Waals surface area contributed by atoms with E-state index in [2.05, 4.69) is 0 Å². The number of carboxylic acids is 2. The molecule has 0 aromatic heterocycles. The van der Waals surface area contributed by atoms with E-state index in [9.17, 15) is 9.59 Å². The van der Waals surface area contributed by atoms with Crippen molar-refractivity contribution in [2.45, 2.75) is 18.9 Å². The van der Waals surface area contributed by atoms with Crippen molar-refractivity contribution >= 4 is 23.7 Å². The van der Waals surface area contributed by atoms with Gasteiger partial charge in [-0.05, 0) is 12.2 Å². The molecule has 0 aromatic rings. The summed E-state index contributed by atoms with van der Waals surface area (Å²) < 4.78 is 0. The van der Waals surface area contributed by atoms with Crippen molar-refractivity contribution in [1.29, 1.82) is 0 Å². The first-order valence-corrected chi connectivity index (χ1v) is 4.97. The SMILES string of the molecule is N[C@@H](CSCCCC(=O)O)C(=O)O. The van der Waals surface area contributed by atoms with E-state index in [-0.39, 0.29) is 6.42 Å². The summed E-state index contributed by atoms with van der Waals surface area (Å²) in [4.78, 5) is 20.3. The molecule has 0 aliphatic rings. The highest BCUT2D eigenvalue weighted by molar-refractivity contribution is 7.99. The summed E-state index contributed by atoms with van der Waals surface area (Å²) in [6.07, 6.45) is 0.668. The zero-order chi connectivity index (χ0) is 10.3. The van der Waals surface area contributed by atoms with E-state index in [1.54, 1.807) is 0 Å². The minimum atomic E-state index is -1.02. The second kappa shape index (κ2) is 6.73. The zero-order valence-corrected chi connectivity index (χ0v) is 7.92. The summed E-state index contributed by atoms with van der Waals surface area (Å²) in [6.45, 7) is 0. The van der Waals surface area contributed by atoms with E-state index in [4.69, 9.17) is 15.9 Å². The second-order valence-corrected chi connectivity index (χ2v) is 3.67. The third-order valence-corrected chi connectivity index (χ3v) is 2.47. The Morgan fingerprint density at radius 2 is 2.00 bits per heavy atom. The van der Waals surface area contributed by atoms with Gasteiger partial charge in [0.25, 0.3) is 0 Å². The highest BCUT2D eigenvalue weighted by Crippen LogP contribution is 2.05. The third-order valence-electron chi connectivity index (χ3n) is 1.29. The Balaban J connectivity index is 3.26. The number of thioether (sulfide) groups is 1. The van der Waals surface area contributed by atoms with Crippen LogP contribution >= 0.6 is 11.8 Å². The maximum absolute atomic E-state index is 10.2. The highest BCUT2D eigenvalue weighted by Gasteiger charge is 2.10. The van der Waals surface area contributed by atoms with E-state index in [1.807, 2.05) is 0 Å². The average molecular weight is 207 g/mol. The summed E-state index contributed by atoms with van der Waals surface area (Å²) in [5.74, 6) is -0.892. The molecular weight excluding hydrogens is 194 g/mol. The molecule has 76 valence electrons. The van der Waals surface area contributed by atoms with Gasteiger partial charge in [0.15, 0.2) is 0 Å². The minimum absolute atomic E-state index is 0.120. The Morgan fingerprint density at radius 1 is 1.38 bits per heavy atom. The van der Waals surface area contributed by atoms with Gasteiger partial charge < -0.3 is 15.9 Å². The van der Waals surface area contributed by atoms with Gasteiger partial charge in [-0.1, -0.05) is 0 Å². The molecule has 13 heavy (non-hydrogen) atoms. The monoisotopic (exact) mass is 207 g/mol. The van der Waals surface area contributed by atoms with Crippen LogP contribution in [0, 0.1) is 0 Å². The highest BCUT2D eigenvalue weighted by atomic mass is 32.2. The van der Waals surface area contributed by atoms with Crippen LogP contribution in [-0.2, 0) is 9.59 Å². The molecule has 0 spiro atoms. The molecule has 4 N–H and O–H groups in total. The van der Waals surface area contributed by atoms with Crippen molar-refractivity contribution in [3.8, 4) is 0 Å². The fourth-order valence-corrected chi connectivity index (χ4v) is 1.52. The van der Waals surface area contributed by atoms with Gasteiger partial charge in [0.1, 0.15) is 6.04 Å². The second-order valence-electron chi connectivity index (χ2n) is 2.52. The van der Waals surface area contributed by atoms with Crippen molar-refractivity contribution in [3.05, 3.63) is 0 Å². The summed E-state index contributed by atoms with van der Waals surface area (Å²) in [5.41, 5.74) is 5.22. The zero-order valence-electron chi connectivity index (χ0n) is 7.10. The normalized spacial score (nSPS) is 12.4. The number of rotatable bonds is 7. The standard InChI is InChI=1S/C7H13NO4S/c8-5(7(11)12)4-13-3-1-2-6(9)10/h5H,1-4,8H2,(H,9,10)(H,11,12)/t5-/m0/s1. The number of aliphatic carboxylic acids is 2. The quantitative estimate of drug-likeness (QED) is 0.508. The van der Waals surface area contributed by atoms with Crippen molar-refractivity contribution in [1.82, 2.24) is 0 Å². The van der Waals surface area contributed by atoms with Crippen LogP contribution in [0.4, 0.5) is 0 Å². The summed E-state index contributed by atoms with van der Waals surface area (Å²) in [5, 5.41) is 16.7. The van der Waals surface area contributed by atoms with Crippen LogP contribution in [0.15, 0.2) is 0 Å².